The van der Waals surface area contributed by atoms with Crippen LogP contribution in [0.5, 0.6) is 0 Å². The van der Waals surface area contributed by atoms with Gasteiger partial charge in [-0.05, 0) is 19.8 Å². The number of rotatable bonds is 2. The molecule has 0 aromatic carbocycles. The van der Waals surface area contributed by atoms with Crippen molar-refractivity contribution < 1.29 is 9.90 Å². The van der Waals surface area contributed by atoms with Crippen LogP contribution in [0.1, 0.15) is 36.7 Å². The van der Waals surface area contributed by atoms with Crippen LogP contribution in [-0.4, -0.2) is 20.6 Å². The van der Waals surface area contributed by atoms with Crippen molar-refractivity contribution in [2.45, 2.75) is 38.6 Å². The molecule has 1 aromatic rings. The summed E-state index contributed by atoms with van der Waals surface area (Å²) < 4.78 is 2.14. The predicted octanol–water partition coefficient (Wildman–Crippen LogP) is 1.54. The topological polar surface area (TPSA) is 55.1 Å². The second-order valence-electron chi connectivity index (χ2n) is 3.85. The molecule has 1 aromatic heterocycles. The second-order valence-corrected chi connectivity index (χ2v) is 3.85. The zero-order valence-electron chi connectivity index (χ0n) is 8.23. The van der Waals surface area contributed by atoms with E-state index >= 15 is 0 Å². The number of aromatic nitrogens is 2. The zero-order valence-corrected chi connectivity index (χ0v) is 8.23. The van der Waals surface area contributed by atoms with E-state index in [1.54, 1.807) is 0 Å². The van der Waals surface area contributed by atoms with Crippen molar-refractivity contribution in [3.63, 3.8) is 0 Å². The molecule has 4 heteroatoms. The lowest BCUT2D eigenvalue weighted by Gasteiger charge is -2.22. The first-order valence-electron chi connectivity index (χ1n) is 4.92. The Morgan fingerprint density at radius 3 is 3.29 bits per heavy atom. The molecule has 0 bridgehead atoms. The van der Waals surface area contributed by atoms with E-state index in [-0.39, 0.29) is 12.3 Å². The fourth-order valence-electron chi connectivity index (χ4n) is 2.13. The molecule has 1 aliphatic heterocycles. The summed E-state index contributed by atoms with van der Waals surface area (Å²) in [6.45, 7) is 3.00. The molecule has 0 saturated heterocycles. The Bertz CT molecular complexity index is 357. The summed E-state index contributed by atoms with van der Waals surface area (Å²) >= 11 is 0. The fourth-order valence-corrected chi connectivity index (χ4v) is 2.13. The van der Waals surface area contributed by atoms with Crippen LogP contribution < -0.4 is 0 Å². The summed E-state index contributed by atoms with van der Waals surface area (Å²) in [5, 5.41) is 8.76. The quantitative estimate of drug-likeness (QED) is 0.777. The monoisotopic (exact) mass is 194 g/mol. The van der Waals surface area contributed by atoms with E-state index in [1.807, 2.05) is 13.1 Å². The molecule has 4 nitrogen and oxygen atoms in total. The number of hydrogen-bond donors (Lipinski definition) is 1. The Balaban J connectivity index is 2.27. The maximum Gasteiger partial charge on any atom is 0.304 e. The highest BCUT2D eigenvalue weighted by Gasteiger charge is 2.24. The lowest BCUT2D eigenvalue weighted by molar-refractivity contribution is -0.137. The van der Waals surface area contributed by atoms with Crippen LogP contribution in [0.3, 0.4) is 0 Å². The number of fused-ring (bicyclic) bond motifs is 1. The lowest BCUT2D eigenvalue weighted by atomic mass is 9.95. The Hall–Kier alpha value is -1.32. The number of carboxylic acid groups (broad SMARTS) is 1. The van der Waals surface area contributed by atoms with E-state index in [1.165, 1.54) is 0 Å². The number of imidazole rings is 1. The van der Waals surface area contributed by atoms with Gasteiger partial charge in [0.15, 0.2) is 0 Å². The molecule has 0 fully saturated rings. The molecule has 2 rings (SSSR count). The minimum atomic E-state index is -0.732. The van der Waals surface area contributed by atoms with Crippen molar-refractivity contribution in [2.75, 3.05) is 0 Å². The Morgan fingerprint density at radius 1 is 1.79 bits per heavy atom. The van der Waals surface area contributed by atoms with Gasteiger partial charge in [-0.25, -0.2) is 4.98 Å². The van der Waals surface area contributed by atoms with Crippen molar-refractivity contribution >= 4 is 5.97 Å². The molecule has 1 unspecified atom stereocenters. The molecular weight excluding hydrogens is 180 g/mol. The summed E-state index contributed by atoms with van der Waals surface area (Å²) in [6, 6.07) is 0. The first kappa shape index (κ1) is 9.24. The molecule has 1 N–H and O–H groups in total. The number of carboxylic acids is 1. The standard InChI is InChI=1S/C10H14N2O2/c1-7-6-11-10-8(5-9(13)14)3-2-4-12(7)10/h6,8H,2-5H2,1H3,(H,13,14). The number of hydrogen-bond acceptors (Lipinski definition) is 2. The summed E-state index contributed by atoms with van der Waals surface area (Å²) in [6.07, 6.45) is 4.04. The van der Waals surface area contributed by atoms with Gasteiger partial charge >= 0.3 is 5.97 Å². The molecule has 0 amide bonds. The zero-order chi connectivity index (χ0) is 10.1. The summed E-state index contributed by atoms with van der Waals surface area (Å²) in [7, 11) is 0. The molecule has 1 aliphatic rings. The number of carbonyl (C=O) groups is 1. The second kappa shape index (κ2) is 3.44. The van der Waals surface area contributed by atoms with Crippen LogP contribution in [0.15, 0.2) is 6.20 Å². The van der Waals surface area contributed by atoms with Crippen LogP contribution >= 0.6 is 0 Å². The van der Waals surface area contributed by atoms with Crippen LogP contribution in [0, 0.1) is 6.92 Å². The maximum atomic E-state index is 10.6. The molecule has 76 valence electrons. The Kier molecular flexibility index (Phi) is 2.27. The average Bonchev–Trinajstić information content (AvgIpc) is 2.49. The Morgan fingerprint density at radius 2 is 2.57 bits per heavy atom. The van der Waals surface area contributed by atoms with Gasteiger partial charge in [-0.1, -0.05) is 0 Å². The number of aryl methyl sites for hydroxylation is 1. The van der Waals surface area contributed by atoms with Gasteiger partial charge in [-0.3, -0.25) is 4.79 Å². The SMILES string of the molecule is Cc1cnc2n1CCCC2CC(=O)O. The molecule has 0 radical (unpaired) electrons. The van der Waals surface area contributed by atoms with Crippen molar-refractivity contribution in [1.29, 1.82) is 0 Å². The smallest absolute Gasteiger partial charge is 0.304 e. The summed E-state index contributed by atoms with van der Waals surface area (Å²) in [5.74, 6) is 0.329. The van der Waals surface area contributed by atoms with E-state index in [2.05, 4.69) is 9.55 Å². The Labute approximate surface area is 82.6 Å². The van der Waals surface area contributed by atoms with Crippen LogP contribution in [0.25, 0.3) is 0 Å². The lowest BCUT2D eigenvalue weighted by Crippen LogP contribution is -2.19. The average molecular weight is 194 g/mol. The van der Waals surface area contributed by atoms with Gasteiger partial charge in [0.1, 0.15) is 5.82 Å². The number of nitrogens with zero attached hydrogens (tertiary/aromatic N) is 2. The van der Waals surface area contributed by atoms with E-state index in [4.69, 9.17) is 5.11 Å². The van der Waals surface area contributed by atoms with E-state index in [0.29, 0.717) is 0 Å². The summed E-state index contributed by atoms with van der Waals surface area (Å²) in [5.41, 5.74) is 1.13. The molecule has 1 atom stereocenters. The van der Waals surface area contributed by atoms with Gasteiger partial charge in [0, 0.05) is 24.4 Å². The molecular formula is C10H14N2O2. The van der Waals surface area contributed by atoms with Crippen LogP contribution in [-0.2, 0) is 11.3 Å². The van der Waals surface area contributed by atoms with E-state index in [0.717, 1.165) is 30.9 Å². The first-order valence-corrected chi connectivity index (χ1v) is 4.92. The minimum absolute atomic E-state index is 0.106. The fraction of sp³-hybridized carbons (Fsp3) is 0.600. The van der Waals surface area contributed by atoms with Gasteiger partial charge in [0.05, 0.1) is 6.42 Å². The summed E-state index contributed by atoms with van der Waals surface area (Å²) in [4.78, 5) is 14.9. The van der Waals surface area contributed by atoms with Crippen LogP contribution in [0.2, 0.25) is 0 Å². The highest BCUT2D eigenvalue weighted by molar-refractivity contribution is 5.67. The van der Waals surface area contributed by atoms with Crippen molar-refractivity contribution in [2.24, 2.45) is 0 Å². The predicted molar refractivity (Wildman–Crippen MR) is 51.2 cm³/mol. The molecule has 2 heterocycles. The van der Waals surface area contributed by atoms with Crippen molar-refractivity contribution in [3.05, 3.63) is 17.7 Å². The van der Waals surface area contributed by atoms with Gasteiger partial charge < -0.3 is 9.67 Å². The highest BCUT2D eigenvalue weighted by Crippen LogP contribution is 2.29. The van der Waals surface area contributed by atoms with Gasteiger partial charge in [-0.15, -0.1) is 0 Å². The minimum Gasteiger partial charge on any atom is -0.481 e. The highest BCUT2D eigenvalue weighted by atomic mass is 16.4. The molecule has 0 saturated carbocycles. The number of aliphatic carboxylic acids is 1. The van der Waals surface area contributed by atoms with Gasteiger partial charge in [0.25, 0.3) is 0 Å². The van der Waals surface area contributed by atoms with Gasteiger partial charge in [0.2, 0.25) is 0 Å². The van der Waals surface area contributed by atoms with Crippen LogP contribution in [0.4, 0.5) is 0 Å². The third kappa shape index (κ3) is 1.52. The van der Waals surface area contributed by atoms with Gasteiger partial charge in [-0.2, -0.15) is 0 Å². The maximum absolute atomic E-state index is 10.6. The van der Waals surface area contributed by atoms with Crippen molar-refractivity contribution in [1.82, 2.24) is 9.55 Å². The molecule has 14 heavy (non-hydrogen) atoms. The first-order chi connectivity index (χ1) is 6.68. The third-order valence-electron chi connectivity index (χ3n) is 2.81. The van der Waals surface area contributed by atoms with E-state index < -0.39 is 5.97 Å². The molecule has 0 spiro atoms. The largest absolute Gasteiger partial charge is 0.481 e. The molecule has 0 aliphatic carbocycles. The van der Waals surface area contributed by atoms with E-state index in [9.17, 15) is 4.79 Å². The normalized spacial score (nSPS) is 20.5. The third-order valence-corrected chi connectivity index (χ3v) is 2.81. The van der Waals surface area contributed by atoms with Crippen molar-refractivity contribution in [3.8, 4) is 0 Å².